The quantitative estimate of drug-likeness (QED) is 0.661. The number of rotatable bonds is 4. The molecule has 5 nitrogen and oxygen atoms in total. The van der Waals surface area contributed by atoms with Crippen LogP contribution < -0.4 is 20.9 Å². The molecule has 0 aliphatic carbocycles. The molecule has 1 unspecified atom stereocenters. The summed E-state index contributed by atoms with van der Waals surface area (Å²) in [6.45, 7) is 9.00. The first-order valence-corrected chi connectivity index (χ1v) is 7.70. The third-order valence-electron chi connectivity index (χ3n) is 4.70. The summed E-state index contributed by atoms with van der Waals surface area (Å²) in [5.74, 6) is 2.12. The molecule has 4 N–H and O–H groups in total. The van der Waals surface area contributed by atoms with E-state index in [0.717, 1.165) is 41.9 Å². The van der Waals surface area contributed by atoms with Gasteiger partial charge in [-0.2, -0.15) is 0 Å². The summed E-state index contributed by atoms with van der Waals surface area (Å²) < 4.78 is 12.0. The van der Waals surface area contributed by atoms with Gasteiger partial charge in [-0.25, -0.2) is 0 Å². The molecule has 1 heterocycles. The maximum atomic E-state index is 6.39. The minimum atomic E-state index is -0.232. The Bertz CT molecular complexity index is 607. The first-order chi connectivity index (χ1) is 10.3. The zero-order chi connectivity index (χ0) is 16.5. The fourth-order valence-electron chi connectivity index (χ4n) is 3.19. The Labute approximate surface area is 132 Å². The Balaban J connectivity index is 2.32. The summed E-state index contributed by atoms with van der Waals surface area (Å²) >= 11 is 0. The van der Waals surface area contributed by atoms with Crippen molar-refractivity contribution in [3.05, 3.63) is 22.3 Å². The van der Waals surface area contributed by atoms with Gasteiger partial charge in [0.1, 0.15) is 17.1 Å². The van der Waals surface area contributed by atoms with Gasteiger partial charge >= 0.3 is 0 Å². The van der Waals surface area contributed by atoms with E-state index >= 15 is 0 Å². The second-order valence-electron chi connectivity index (χ2n) is 6.32. The molecule has 1 aromatic rings. The third-order valence-corrected chi connectivity index (χ3v) is 4.70. The fraction of sp³-hybridized carbons (Fsp3) is 0.588. The van der Waals surface area contributed by atoms with Gasteiger partial charge in [0.2, 0.25) is 0 Å². The first-order valence-electron chi connectivity index (χ1n) is 7.70. The van der Waals surface area contributed by atoms with E-state index in [9.17, 15) is 0 Å². The number of nitrogens with two attached hydrogens (primary N) is 2. The molecule has 5 heteroatoms. The Morgan fingerprint density at radius 1 is 1.23 bits per heavy atom. The topological polar surface area (TPSA) is 82.9 Å². The molecule has 0 aromatic heterocycles. The van der Waals surface area contributed by atoms with Crippen molar-refractivity contribution >= 4 is 5.96 Å². The number of fused-ring (bicyclic) bond motifs is 1. The fourth-order valence-corrected chi connectivity index (χ4v) is 3.19. The Morgan fingerprint density at radius 2 is 1.91 bits per heavy atom. The van der Waals surface area contributed by atoms with Gasteiger partial charge in [0, 0.05) is 18.5 Å². The predicted octanol–water partition coefficient (Wildman–Crippen LogP) is 2.37. The van der Waals surface area contributed by atoms with Gasteiger partial charge in [-0.05, 0) is 57.2 Å². The monoisotopic (exact) mass is 305 g/mol. The Kier molecular flexibility index (Phi) is 4.54. The molecule has 0 radical (unpaired) electrons. The molecule has 0 fully saturated rings. The number of benzene rings is 1. The van der Waals surface area contributed by atoms with Crippen molar-refractivity contribution < 1.29 is 9.47 Å². The minimum Gasteiger partial charge on any atom is -0.496 e. The lowest BCUT2D eigenvalue weighted by atomic mass is 9.85. The van der Waals surface area contributed by atoms with Gasteiger partial charge < -0.3 is 20.9 Å². The zero-order valence-corrected chi connectivity index (χ0v) is 14.2. The molecule has 0 amide bonds. The standard InChI is InChI=1S/C17H27N3O2/c1-10-11(2)15-13(12(3)14(10)21-5)6-7-17(4,22-15)8-9-20-16(18)19/h6-9H2,1-5H3,(H4,18,19,20). The SMILES string of the molecule is COc1c(C)c(C)c2c(c1C)CCC(C)(CCN=C(N)N)O2. The average Bonchev–Trinajstić information content (AvgIpc) is 2.45. The van der Waals surface area contributed by atoms with Crippen LogP contribution in [-0.2, 0) is 6.42 Å². The normalized spacial score (nSPS) is 20.0. The number of hydrogen-bond acceptors (Lipinski definition) is 3. The van der Waals surface area contributed by atoms with Crippen molar-refractivity contribution in [2.45, 2.75) is 52.6 Å². The highest BCUT2D eigenvalue weighted by atomic mass is 16.5. The summed E-state index contributed by atoms with van der Waals surface area (Å²) in [6.07, 6.45) is 2.73. The second kappa shape index (κ2) is 6.07. The van der Waals surface area contributed by atoms with Gasteiger partial charge in [-0.1, -0.05) is 0 Å². The van der Waals surface area contributed by atoms with Crippen molar-refractivity contribution in [1.29, 1.82) is 0 Å². The van der Waals surface area contributed by atoms with Gasteiger partial charge in [0.15, 0.2) is 5.96 Å². The van der Waals surface area contributed by atoms with E-state index in [1.54, 1.807) is 7.11 Å². The lowest BCUT2D eigenvalue weighted by Crippen LogP contribution is -2.38. The summed E-state index contributed by atoms with van der Waals surface area (Å²) in [6, 6.07) is 0. The highest BCUT2D eigenvalue weighted by Crippen LogP contribution is 2.44. The Morgan fingerprint density at radius 3 is 2.50 bits per heavy atom. The molecule has 1 aromatic carbocycles. The smallest absolute Gasteiger partial charge is 0.185 e. The number of guanidine groups is 1. The molecule has 0 saturated heterocycles. The summed E-state index contributed by atoms with van der Waals surface area (Å²) in [4.78, 5) is 4.08. The highest BCUT2D eigenvalue weighted by molar-refractivity contribution is 5.75. The maximum absolute atomic E-state index is 6.39. The van der Waals surface area contributed by atoms with Crippen LogP contribution in [0.2, 0.25) is 0 Å². The van der Waals surface area contributed by atoms with Crippen molar-refractivity contribution in [1.82, 2.24) is 0 Å². The van der Waals surface area contributed by atoms with Crippen LogP contribution in [0.1, 0.15) is 42.0 Å². The average molecular weight is 305 g/mol. The van der Waals surface area contributed by atoms with Crippen LogP contribution in [0.25, 0.3) is 0 Å². The molecule has 1 atom stereocenters. The highest BCUT2D eigenvalue weighted by Gasteiger charge is 2.34. The van der Waals surface area contributed by atoms with E-state index in [1.165, 1.54) is 11.1 Å². The van der Waals surface area contributed by atoms with E-state index in [4.69, 9.17) is 20.9 Å². The number of aliphatic imine (C=N–C) groups is 1. The van der Waals surface area contributed by atoms with Crippen LogP contribution in [-0.4, -0.2) is 25.2 Å². The van der Waals surface area contributed by atoms with Crippen molar-refractivity contribution in [3.63, 3.8) is 0 Å². The lowest BCUT2D eigenvalue weighted by molar-refractivity contribution is 0.0575. The van der Waals surface area contributed by atoms with Crippen LogP contribution in [0.3, 0.4) is 0 Å². The maximum Gasteiger partial charge on any atom is 0.185 e. The van der Waals surface area contributed by atoms with Crippen LogP contribution in [0.15, 0.2) is 4.99 Å². The number of hydrogen-bond donors (Lipinski definition) is 2. The van der Waals surface area contributed by atoms with Gasteiger partial charge in [0.25, 0.3) is 0 Å². The Hall–Kier alpha value is -1.91. The summed E-state index contributed by atoms with van der Waals surface area (Å²) in [5, 5.41) is 0. The zero-order valence-electron chi connectivity index (χ0n) is 14.2. The summed E-state index contributed by atoms with van der Waals surface area (Å²) in [5.41, 5.74) is 15.3. The molecule has 22 heavy (non-hydrogen) atoms. The van der Waals surface area contributed by atoms with Crippen molar-refractivity contribution in [3.8, 4) is 11.5 Å². The molecule has 2 rings (SSSR count). The molecule has 0 spiro atoms. The van der Waals surface area contributed by atoms with Crippen molar-refractivity contribution in [2.75, 3.05) is 13.7 Å². The minimum absolute atomic E-state index is 0.132. The van der Waals surface area contributed by atoms with Crippen LogP contribution >= 0.6 is 0 Å². The van der Waals surface area contributed by atoms with E-state index in [0.29, 0.717) is 6.54 Å². The second-order valence-corrected chi connectivity index (χ2v) is 6.32. The van der Waals surface area contributed by atoms with E-state index in [2.05, 4.69) is 32.7 Å². The molecule has 1 aliphatic rings. The largest absolute Gasteiger partial charge is 0.496 e. The van der Waals surface area contributed by atoms with Gasteiger partial charge in [0.05, 0.1) is 7.11 Å². The van der Waals surface area contributed by atoms with E-state index < -0.39 is 0 Å². The molecule has 0 bridgehead atoms. The molecule has 0 saturated carbocycles. The van der Waals surface area contributed by atoms with Gasteiger partial charge in [-0.3, -0.25) is 4.99 Å². The predicted molar refractivity (Wildman–Crippen MR) is 89.9 cm³/mol. The first kappa shape index (κ1) is 16.5. The van der Waals surface area contributed by atoms with Gasteiger partial charge in [-0.15, -0.1) is 0 Å². The van der Waals surface area contributed by atoms with E-state index in [-0.39, 0.29) is 11.6 Å². The summed E-state index contributed by atoms with van der Waals surface area (Å²) in [7, 11) is 1.73. The van der Waals surface area contributed by atoms with Crippen LogP contribution in [0.5, 0.6) is 11.5 Å². The van der Waals surface area contributed by atoms with E-state index in [1.807, 2.05) is 0 Å². The lowest BCUT2D eigenvalue weighted by Gasteiger charge is -2.38. The molecular weight excluding hydrogens is 278 g/mol. The molecule has 1 aliphatic heterocycles. The molecule has 122 valence electrons. The van der Waals surface area contributed by atoms with Crippen molar-refractivity contribution in [2.24, 2.45) is 16.5 Å². The number of nitrogens with zero attached hydrogens (tertiary/aromatic N) is 1. The van der Waals surface area contributed by atoms with Crippen LogP contribution in [0, 0.1) is 20.8 Å². The number of ether oxygens (including phenoxy) is 2. The number of methoxy groups -OCH3 is 1. The third kappa shape index (κ3) is 2.98. The van der Waals surface area contributed by atoms with Crippen LogP contribution in [0.4, 0.5) is 0 Å². The molecular formula is C17H27N3O2.